The Morgan fingerprint density at radius 2 is 1.59 bits per heavy atom. The molecule has 0 spiro atoms. The molecular formula is C30H32Cl2N2O2S. The number of carbonyl (C=O) groups excluding carboxylic acids is 2. The number of rotatable bonds is 11. The summed E-state index contributed by atoms with van der Waals surface area (Å²) in [5.74, 6) is 0.437. The lowest BCUT2D eigenvalue weighted by atomic mass is 10.0. The maximum Gasteiger partial charge on any atom is 0.243 e. The third-order valence-electron chi connectivity index (χ3n) is 6.67. The zero-order chi connectivity index (χ0) is 26.0. The molecule has 1 N–H and O–H groups in total. The van der Waals surface area contributed by atoms with Gasteiger partial charge in [-0.15, -0.1) is 11.8 Å². The summed E-state index contributed by atoms with van der Waals surface area (Å²) in [6.45, 7) is 0.277. The topological polar surface area (TPSA) is 49.4 Å². The van der Waals surface area contributed by atoms with E-state index in [1.165, 1.54) is 0 Å². The van der Waals surface area contributed by atoms with Gasteiger partial charge in [0.05, 0.1) is 0 Å². The van der Waals surface area contributed by atoms with Gasteiger partial charge >= 0.3 is 0 Å². The Morgan fingerprint density at radius 1 is 0.919 bits per heavy atom. The molecule has 0 heterocycles. The second-order valence-corrected chi connectivity index (χ2v) is 11.4. The van der Waals surface area contributed by atoms with Crippen LogP contribution in [0, 0.1) is 0 Å². The second-order valence-electron chi connectivity index (χ2n) is 9.36. The minimum Gasteiger partial charge on any atom is -0.352 e. The fraction of sp³-hybridized carbons (Fsp3) is 0.333. The van der Waals surface area contributed by atoms with Gasteiger partial charge in [0.2, 0.25) is 11.8 Å². The minimum atomic E-state index is -0.632. The number of halogens is 2. The van der Waals surface area contributed by atoms with Gasteiger partial charge in [0, 0.05) is 46.1 Å². The van der Waals surface area contributed by atoms with Crippen LogP contribution < -0.4 is 5.32 Å². The normalized spacial score (nSPS) is 14.3. The molecule has 194 valence electrons. The van der Waals surface area contributed by atoms with E-state index in [0.29, 0.717) is 28.6 Å². The maximum atomic E-state index is 13.7. The maximum absolute atomic E-state index is 13.7. The fourth-order valence-corrected chi connectivity index (χ4v) is 5.82. The molecule has 4 rings (SSSR count). The van der Waals surface area contributed by atoms with Gasteiger partial charge in [-0.2, -0.15) is 0 Å². The Balaban J connectivity index is 1.56. The Labute approximate surface area is 233 Å². The molecule has 1 fully saturated rings. The van der Waals surface area contributed by atoms with Crippen LogP contribution in [-0.2, 0) is 22.6 Å². The first kappa shape index (κ1) is 27.6. The van der Waals surface area contributed by atoms with E-state index in [9.17, 15) is 9.59 Å². The first-order chi connectivity index (χ1) is 18.0. The highest BCUT2D eigenvalue weighted by atomic mass is 35.5. The smallest absolute Gasteiger partial charge is 0.243 e. The van der Waals surface area contributed by atoms with Gasteiger partial charge in [0.15, 0.2) is 0 Å². The summed E-state index contributed by atoms with van der Waals surface area (Å²) in [5.41, 5.74) is 1.84. The molecule has 0 bridgehead atoms. The molecule has 3 aromatic rings. The van der Waals surface area contributed by atoms with Crippen LogP contribution in [0.5, 0.6) is 0 Å². The van der Waals surface area contributed by atoms with Crippen molar-refractivity contribution in [3.8, 4) is 0 Å². The van der Waals surface area contributed by atoms with Crippen LogP contribution in [0.1, 0.15) is 43.2 Å². The molecule has 2 amide bonds. The highest BCUT2D eigenvalue weighted by Gasteiger charge is 2.32. The van der Waals surface area contributed by atoms with Crippen LogP contribution in [0.4, 0.5) is 0 Å². The van der Waals surface area contributed by atoms with Gasteiger partial charge in [-0.1, -0.05) is 84.6 Å². The molecular weight excluding hydrogens is 523 g/mol. The van der Waals surface area contributed by atoms with E-state index in [1.807, 2.05) is 78.9 Å². The molecule has 7 heteroatoms. The van der Waals surface area contributed by atoms with E-state index in [4.69, 9.17) is 23.2 Å². The summed E-state index contributed by atoms with van der Waals surface area (Å²) in [7, 11) is 0. The lowest BCUT2D eigenvalue weighted by molar-refractivity contribution is -0.141. The standard InChI is InChI=1S/C30H32Cl2N2O2S/c31-24-14-16-26(17-15-24)37-19-18-29(35)34(21-23-10-4-7-13-27(23)32)28(20-22-8-2-1-3-9-22)30(36)33-25-11-5-6-12-25/h1-4,7-10,13-17,25,28H,5-6,11-12,18-21H2,(H,33,36). The van der Waals surface area contributed by atoms with Crippen molar-refractivity contribution in [2.45, 2.75) is 62.0 Å². The molecule has 0 aliphatic heterocycles. The average Bonchev–Trinajstić information content (AvgIpc) is 3.42. The number of amides is 2. The number of thioether (sulfide) groups is 1. The highest BCUT2D eigenvalue weighted by Crippen LogP contribution is 2.25. The Morgan fingerprint density at radius 3 is 2.30 bits per heavy atom. The summed E-state index contributed by atoms with van der Waals surface area (Å²) in [6.07, 6.45) is 4.97. The molecule has 1 aliphatic carbocycles. The van der Waals surface area contributed by atoms with Gasteiger partial charge in [-0.05, 0) is 54.3 Å². The molecule has 1 atom stereocenters. The van der Waals surface area contributed by atoms with E-state index < -0.39 is 6.04 Å². The molecule has 1 unspecified atom stereocenters. The highest BCUT2D eigenvalue weighted by molar-refractivity contribution is 7.99. The van der Waals surface area contributed by atoms with Gasteiger partial charge in [-0.25, -0.2) is 0 Å². The third kappa shape index (κ3) is 8.26. The summed E-state index contributed by atoms with van der Waals surface area (Å²) < 4.78 is 0. The summed E-state index contributed by atoms with van der Waals surface area (Å²) in [4.78, 5) is 30.2. The van der Waals surface area contributed by atoms with Crippen molar-refractivity contribution in [2.75, 3.05) is 5.75 Å². The second kappa shape index (κ2) is 13.9. The van der Waals surface area contributed by atoms with Gasteiger partial charge < -0.3 is 10.2 Å². The SMILES string of the molecule is O=C(NC1CCCC1)C(Cc1ccccc1)N(Cc1ccccc1Cl)C(=O)CCSc1ccc(Cl)cc1. The van der Waals surface area contributed by atoms with Crippen LogP contribution in [0.3, 0.4) is 0 Å². The lowest BCUT2D eigenvalue weighted by Crippen LogP contribution is -2.52. The Kier molecular flexibility index (Phi) is 10.4. The number of nitrogens with zero attached hydrogens (tertiary/aromatic N) is 1. The van der Waals surface area contributed by atoms with Crippen molar-refractivity contribution < 1.29 is 9.59 Å². The summed E-state index contributed by atoms with van der Waals surface area (Å²) >= 11 is 14.1. The molecule has 0 aromatic heterocycles. The zero-order valence-electron chi connectivity index (χ0n) is 20.7. The van der Waals surface area contributed by atoms with Crippen LogP contribution in [0.15, 0.2) is 83.8 Å². The minimum absolute atomic E-state index is 0.0658. The molecule has 37 heavy (non-hydrogen) atoms. The van der Waals surface area contributed by atoms with Crippen LogP contribution in [-0.4, -0.2) is 34.6 Å². The predicted octanol–water partition coefficient (Wildman–Crippen LogP) is 7.17. The van der Waals surface area contributed by atoms with Crippen molar-refractivity contribution in [3.05, 3.63) is 100 Å². The fourth-order valence-electron chi connectivity index (χ4n) is 4.66. The summed E-state index contributed by atoms with van der Waals surface area (Å²) in [5, 5.41) is 4.51. The predicted molar refractivity (Wildman–Crippen MR) is 153 cm³/mol. The van der Waals surface area contributed by atoms with Crippen molar-refractivity contribution in [2.24, 2.45) is 0 Å². The third-order valence-corrected chi connectivity index (χ3v) is 8.30. The molecule has 3 aromatic carbocycles. The van der Waals surface area contributed by atoms with E-state index in [2.05, 4.69) is 5.32 Å². The van der Waals surface area contributed by atoms with Gasteiger partial charge in [0.25, 0.3) is 0 Å². The lowest BCUT2D eigenvalue weighted by Gasteiger charge is -2.32. The number of carbonyl (C=O) groups is 2. The van der Waals surface area contributed by atoms with Crippen LogP contribution in [0.2, 0.25) is 10.0 Å². The van der Waals surface area contributed by atoms with Crippen molar-refractivity contribution in [1.29, 1.82) is 0 Å². The van der Waals surface area contributed by atoms with Crippen molar-refractivity contribution in [1.82, 2.24) is 10.2 Å². The van der Waals surface area contributed by atoms with Crippen molar-refractivity contribution in [3.63, 3.8) is 0 Å². The average molecular weight is 556 g/mol. The number of hydrogen-bond donors (Lipinski definition) is 1. The first-order valence-electron chi connectivity index (χ1n) is 12.7. The van der Waals surface area contributed by atoms with Crippen molar-refractivity contribution >= 4 is 46.8 Å². The van der Waals surface area contributed by atoms with Crippen LogP contribution >= 0.6 is 35.0 Å². The van der Waals surface area contributed by atoms with E-state index >= 15 is 0 Å². The molecule has 0 radical (unpaired) electrons. The molecule has 0 saturated heterocycles. The van der Waals surface area contributed by atoms with E-state index in [-0.39, 0.29) is 24.4 Å². The number of hydrogen-bond acceptors (Lipinski definition) is 3. The molecule has 1 aliphatic rings. The van der Waals surface area contributed by atoms with Crippen LogP contribution in [0.25, 0.3) is 0 Å². The summed E-state index contributed by atoms with van der Waals surface area (Å²) in [6, 6.07) is 24.5. The molecule has 1 saturated carbocycles. The zero-order valence-corrected chi connectivity index (χ0v) is 23.1. The Hall–Kier alpha value is -2.47. The first-order valence-corrected chi connectivity index (χ1v) is 14.5. The Bertz CT molecular complexity index is 1170. The van der Waals surface area contributed by atoms with Gasteiger partial charge in [-0.3, -0.25) is 9.59 Å². The van der Waals surface area contributed by atoms with E-state index in [1.54, 1.807) is 16.7 Å². The number of benzene rings is 3. The van der Waals surface area contributed by atoms with E-state index in [0.717, 1.165) is 41.7 Å². The number of nitrogens with one attached hydrogen (secondary N) is 1. The van der Waals surface area contributed by atoms with Gasteiger partial charge in [0.1, 0.15) is 6.04 Å². The molecule has 4 nitrogen and oxygen atoms in total. The largest absolute Gasteiger partial charge is 0.352 e. The monoisotopic (exact) mass is 554 g/mol. The quantitative estimate of drug-likeness (QED) is 0.255.